The van der Waals surface area contributed by atoms with Crippen molar-refractivity contribution in [3.05, 3.63) is 30.1 Å². The maximum atomic E-state index is 13.6. The van der Waals surface area contributed by atoms with Crippen LogP contribution >= 0.6 is 0 Å². The molecule has 1 atom stereocenters. The van der Waals surface area contributed by atoms with E-state index in [1.54, 1.807) is 26.8 Å². The largest absolute Gasteiger partial charge is 0.480 e. The Labute approximate surface area is 123 Å². The van der Waals surface area contributed by atoms with Crippen LogP contribution in [0.15, 0.2) is 24.3 Å². The third kappa shape index (κ3) is 4.73. The second-order valence-electron chi connectivity index (χ2n) is 4.90. The summed E-state index contributed by atoms with van der Waals surface area (Å²) in [5.41, 5.74) is 0. The van der Waals surface area contributed by atoms with Crippen molar-refractivity contribution in [3.63, 3.8) is 0 Å². The van der Waals surface area contributed by atoms with Crippen molar-refractivity contribution in [2.45, 2.75) is 39.3 Å². The van der Waals surface area contributed by atoms with Gasteiger partial charge in [0.25, 0.3) is 5.91 Å². The number of carbonyl (C=O) groups is 2. The smallest absolute Gasteiger partial charge is 0.323 e. The van der Waals surface area contributed by atoms with Gasteiger partial charge in [-0.3, -0.25) is 9.59 Å². The Hall–Kier alpha value is -2.11. The molecule has 1 aromatic carbocycles. The number of carboxylic acids is 1. The quantitative estimate of drug-likeness (QED) is 0.838. The molecule has 116 valence electrons. The van der Waals surface area contributed by atoms with Gasteiger partial charge >= 0.3 is 5.97 Å². The molecule has 1 amide bonds. The van der Waals surface area contributed by atoms with Crippen LogP contribution in [0.25, 0.3) is 0 Å². The Morgan fingerprint density at radius 3 is 2.43 bits per heavy atom. The molecule has 1 unspecified atom stereocenters. The lowest BCUT2D eigenvalue weighted by atomic mass is 10.2. The number of aliphatic carboxylic acids is 1. The van der Waals surface area contributed by atoms with Crippen molar-refractivity contribution in [3.8, 4) is 5.75 Å². The minimum Gasteiger partial charge on any atom is -0.480 e. The van der Waals surface area contributed by atoms with Crippen LogP contribution in [0.1, 0.15) is 27.2 Å². The summed E-state index contributed by atoms with van der Waals surface area (Å²) < 4.78 is 19.0. The number of ether oxygens (including phenoxy) is 1. The van der Waals surface area contributed by atoms with Crippen LogP contribution in [0.2, 0.25) is 0 Å². The standard InChI is InChI=1S/C15H20FNO4/c1-4-12(21-13-8-6-5-7-11(13)16)15(20)17(10(2)3)9-14(18)19/h5-8,10,12H,4,9H2,1-3H3,(H,18,19). The molecule has 1 rings (SSSR count). The second-order valence-corrected chi connectivity index (χ2v) is 4.90. The van der Waals surface area contributed by atoms with Gasteiger partial charge in [0.05, 0.1) is 0 Å². The minimum atomic E-state index is -1.10. The van der Waals surface area contributed by atoms with Crippen molar-refractivity contribution in [2.75, 3.05) is 6.54 Å². The van der Waals surface area contributed by atoms with Gasteiger partial charge in [-0.1, -0.05) is 19.1 Å². The summed E-state index contributed by atoms with van der Waals surface area (Å²) in [5.74, 6) is -2.13. The van der Waals surface area contributed by atoms with Gasteiger partial charge in [-0.2, -0.15) is 0 Å². The molecule has 21 heavy (non-hydrogen) atoms. The highest BCUT2D eigenvalue weighted by atomic mass is 19.1. The van der Waals surface area contributed by atoms with E-state index in [4.69, 9.17) is 9.84 Å². The number of para-hydroxylation sites is 1. The molecule has 0 aliphatic carbocycles. The molecular formula is C15H20FNO4. The SMILES string of the molecule is CCC(Oc1ccccc1F)C(=O)N(CC(=O)O)C(C)C. The third-order valence-electron chi connectivity index (χ3n) is 2.96. The fourth-order valence-electron chi connectivity index (χ4n) is 1.85. The molecule has 1 N–H and O–H groups in total. The van der Waals surface area contributed by atoms with Crippen LogP contribution in [0.4, 0.5) is 4.39 Å². The van der Waals surface area contributed by atoms with Crippen molar-refractivity contribution < 1.29 is 23.8 Å². The van der Waals surface area contributed by atoms with E-state index in [0.717, 1.165) is 0 Å². The Morgan fingerprint density at radius 2 is 1.95 bits per heavy atom. The van der Waals surface area contributed by atoms with Gasteiger partial charge < -0.3 is 14.7 Å². The number of hydrogen-bond donors (Lipinski definition) is 1. The molecular weight excluding hydrogens is 277 g/mol. The molecule has 5 nitrogen and oxygen atoms in total. The molecule has 0 aliphatic heterocycles. The molecule has 0 fully saturated rings. The van der Waals surface area contributed by atoms with Crippen LogP contribution < -0.4 is 4.74 Å². The summed E-state index contributed by atoms with van der Waals surface area (Å²) in [5, 5.41) is 8.88. The van der Waals surface area contributed by atoms with E-state index in [1.807, 2.05) is 0 Å². The molecule has 0 saturated heterocycles. The maximum Gasteiger partial charge on any atom is 0.323 e. The first-order valence-corrected chi connectivity index (χ1v) is 6.80. The predicted octanol–water partition coefficient (Wildman–Crippen LogP) is 2.30. The number of benzene rings is 1. The zero-order valence-corrected chi connectivity index (χ0v) is 12.4. The minimum absolute atomic E-state index is 0.0169. The van der Waals surface area contributed by atoms with E-state index >= 15 is 0 Å². The number of carbonyl (C=O) groups excluding carboxylic acids is 1. The first-order chi connectivity index (χ1) is 9.86. The Kier molecular flexibility index (Phi) is 6.14. The lowest BCUT2D eigenvalue weighted by Gasteiger charge is -2.29. The maximum absolute atomic E-state index is 13.6. The van der Waals surface area contributed by atoms with Gasteiger partial charge in [0, 0.05) is 6.04 Å². The van der Waals surface area contributed by atoms with Crippen molar-refractivity contribution in [2.24, 2.45) is 0 Å². The van der Waals surface area contributed by atoms with E-state index in [1.165, 1.54) is 23.1 Å². The summed E-state index contributed by atoms with van der Waals surface area (Å²) in [6.07, 6.45) is -0.598. The normalized spacial score (nSPS) is 12.0. The first kappa shape index (κ1) is 16.9. The zero-order chi connectivity index (χ0) is 16.0. The zero-order valence-electron chi connectivity index (χ0n) is 12.4. The summed E-state index contributed by atoms with van der Waals surface area (Å²) >= 11 is 0. The Bertz CT molecular complexity index is 504. The van der Waals surface area contributed by atoms with Crippen LogP contribution in [0.3, 0.4) is 0 Å². The fourth-order valence-corrected chi connectivity index (χ4v) is 1.85. The number of carboxylic acid groups (broad SMARTS) is 1. The molecule has 0 spiro atoms. The highest BCUT2D eigenvalue weighted by Crippen LogP contribution is 2.19. The molecule has 0 saturated carbocycles. The Balaban J connectivity index is 2.89. The van der Waals surface area contributed by atoms with Crippen molar-refractivity contribution in [1.82, 2.24) is 4.90 Å². The van der Waals surface area contributed by atoms with Gasteiger partial charge in [0.1, 0.15) is 6.54 Å². The summed E-state index contributed by atoms with van der Waals surface area (Å²) in [6.45, 7) is 4.75. The van der Waals surface area contributed by atoms with Crippen LogP contribution in [-0.4, -0.2) is 40.6 Å². The third-order valence-corrected chi connectivity index (χ3v) is 2.96. The fraction of sp³-hybridized carbons (Fsp3) is 0.467. The highest BCUT2D eigenvalue weighted by Gasteiger charge is 2.28. The van der Waals surface area contributed by atoms with Crippen molar-refractivity contribution >= 4 is 11.9 Å². The summed E-state index contributed by atoms with van der Waals surface area (Å²) in [7, 11) is 0. The number of rotatable bonds is 7. The monoisotopic (exact) mass is 297 g/mol. The molecule has 0 heterocycles. The lowest BCUT2D eigenvalue weighted by Crippen LogP contribution is -2.47. The molecule has 0 aliphatic rings. The van der Waals surface area contributed by atoms with Crippen LogP contribution in [0, 0.1) is 5.82 Å². The topological polar surface area (TPSA) is 66.8 Å². The average Bonchev–Trinajstić information content (AvgIpc) is 2.42. The Morgan fingerprint density at radius 1 is 1.33 bits per heavy atom. The van der Waals surface area contributed by atoms with Crippen LogP contribution in [0.5, 0.6) is 5.75 Å². The predicted molar refractivity (Wildman–Crippen MR) is 75.6 cm³/mol. The second kappa shape index (κ2) is 7.61. The van der Waals surface area contributed by atoms with Gasteiger partial charge in [0.2, 0.25) is 0 Å². The van der Waals surface area contributed by atoms with E-state index in [9.17, 15) is 14.0 Å². The van der Waals surface area contributed by atoms with Crippen LogP contribution in [-0.2, 0) is 9.59 Å². The number of amides is 1. The summed E-state index contributed by atoms with van der Waals surface area (Å²) in [6, 6.07) is 5.52. The van der Waals surface area contributed by atoms with E-state index in [0.29, 0.717) is 6.42 Å². The van der Waals surface area contributed by atoms with Gasteiger partial charge in [-0.05, 0) is 32.4 Å². The number of nitrogens with zero attached hydrogens (tertiary/aromatic N) is 1. The average molecular weight is 297 g/mol. The molecule has 1 aromatic rings. The highest BCUT2D eigenvalue weighted by molar-refractivity contribution is 5.85. The van der Waals surface area contributed by atoms with E-state index < -0.39 is 30.3 Å². The number of hydrogen-bond acceptors (Lipinski definition) is 3. The number of halogens is 1. The lowest BCUT2D eigenvalue weighted by molar-refractivity contribution is -0.149. The molecule has 0 aromatic heterocycles. The van der Waals surface area contributed by atoms with Gasteiger partial charge in [0.15, 0.2) is 17.7 Å². The van der Waals surface area contributed by atoms with Gasteiger partial charge in [-0.25, -0.2) is 4.39 Å². The molecule has 0 bridgehead atoms. The molecule has 0 radical (unpaired) electrons. The molecule has 6 heteroatoms. The summed E-state index contributed by atoms with van der Waals surface area (Å²) in [4.78, 5) is 24.4. The van der Waals surface area contributed by atoms with Crippen molar-refractivity contribution in [1.29, 1.82) is 0 Å². The van der Waals surface area contributed by atoms with E-state index in [-0.39, 0.29) is 11.8 Å². The van der Waals surface area contributed by atoms with E-state index in [2.05, 4.69) is 0 Å². The first-order valence-electron chi connectivity index (χ1n) is 6.80. The van der Waals surface area contributed by atoms with Gasteiger partial charge in [-0.15, -0.1) is 0 Å².